The maximum Gasteiger partial charge on any atom is 0.261 e. The van der Waals surface area contributed by atoms with Crippen LogP contribution < -0.4 is 10.4 Å². The van der Waals surface area contributed by atoms with Crippen molar-refractivity contribution in [3.05, 3.63) is 72.8 Å². The summed E-state index contributed by atoms with van der Waals surface area (Å²) in [6.07, 6.45) is 5.29. The zero-order chi connectivity index (χ0) is 19.1. The minimum atomic E-state index is -2.51. The first kappa shape index (κ1) is 18.7. The lowest BCUT2D eigenvalue weighted by molar-refractivity contribution is 0.0639. The number of hydrogen-bond donors (Lipinski definition) is 1. The van der Waals surface area contributed by atoms with E-state index in [9.17, 15) is 5.11 Å². The van der Waals surface area contributed by atoms with Crippen molar-refractivity contribution < 1.29 is 9.53 Å². The number of allylic oxidation sites excluding steroid dienone is 1. The van der Waals surface area contributed by atoms with Crippen molar-refractivity contribution >= 4 is 18.7 Å². The molecule has 2 aliphatic carbocycles. The lowest BCUT2D eigenvalue weighted by Crippen LogP contribution is -2.67. The van der Waals surface area contributed by atoms with Gasteiger partial charge in [-0.1, -0.05) is 93.6 Å². The number of benzene rings is 2. The molecule has 0 radical (unpaired) electrons. The highest BCUT2D eigenvalue weighted by Crippen LogP contribution is 2.45. The lowest BCUT2D eigenvalue weighted by Gasteiger charge is -2.44. The van der Waals surface area contributed by atoms with Crippen LogP contribution in [-0.2, 0) is 4.43 Å². The highest BCUT2D eigenvalue weighted by molar-refractivity contribution is 6.99. The van der Waals surface area contributed by atoms with Gasteiger partial charge in [-0.25, -0.2) is 0 Å². The number of aliphatic hydroxyl groups is 1. The van der Waals surface area contributed by atoms with Gasteiger partial charge in [-0.2, -0.15) is 0 Å². The largest absolute Gasteiger partial charge is 0.407 e. The normalized spacial score (nSPS) is 27.3. The minimum absolute atomic E-state index is 0.0197. The van der Waals surface area contributed by atoms with Gasteiger partial charge in [-0.3, -0.25) is 0 Å². The van der Waals surface area contributed by atoms with Crippen LogP contribution in [0.2, 0.25) is 5.04 Å². The van der Waals surface area contributed by atoms with Gasteiger partial charge in [0.25, 0.3) is 8.32 Å². The molecule has 27 heavy (non-hydrogen) atoms. The quantitative estimate of drug-likeness (QED) is 0.634. The van der Waals surface area contributed by atoms with Crippen LogP contribution in [-0.4, -0.2) is 26.1 Å². The first-order valence-electron chi connectivity index (χ1n) is 10.0. The minimum Gasteiger partial charge on any atom is -0.407 e. The topological polar surface area (TPSA) is 29.5 Å². The maximum atomic E-state index is 10.7. The standard InChI is InChI=1S/C24H30O2Si/c1-24(2,3)27(20-10-6-4-7-11-20,21-12-8-5-9-13-21)26-17-22-18-14-15-19(16-18)23(22)25/h4-15,18-19,22-23,25H,16-17H2,1-3H3/t18-,19+,22-,23+/m0/s1. The molecule has 4 atom stereocenters. The Balaban J connectivity index is 1.75. The van der Waals surface area contributed by atoms with Gasteiger partial charge in [0, 0.05) is 18.4 Å². The summed E-state index contributed by atoms with van der Waals surface area (Å²) >= 11 is 0. The van der Waals surface area contributed by atoms with Crippen LogP contribution in [0.15, 0.2) is 72.8 Å². The zero-order valence-corrected chi connectivity index (χ0v) is 17.5. The second kappa shape index (κ2) is 7.05. The van der Waals surface area contributed by atoms with Crippen molar-refractivity contribution in [3.8, 4) is 0 Å². The van der Waals surface area contributed by atoms with E-state index < -0.39 is 8.32 Å². The van der Waals surface area contributed by atoms with E-state index in [4.69, 9.17) is 4.43 Å². The van der Waals surface area contributed by atoms with Gasteiger partial charge in [0.1, 0.15) is 0 Å². The number of fused-ring (bicyclic) bond motifs is 2. The Kier molecular flexibility index (Phi) is 4.87. The fraction of sp³-hybridized carbons (Fsp3) is 0.417. The molecular weight excluding hydrogens is 348 g/mol. The van der Waals surface area contributed by atoms with Gasteiger partial charge in [0.2, 0.25) is 0 Å². The molecule has 2 aliphatic rings. The summed E-state index contributed by atoms with van der Waals surface area (Å²) in [5.74, 6) is 0.993. The Labute approximate surface area is 164 Å². The van der Waals surface area contributed by atoms with E-state index in [1.807, 2.05) is 0 Å². The van der Waals surface area contributed by atoms with Crippen molar-refractivity contribution in [1.82, 2.24) is 0 Å². The van der Waals surface area contributed by atoms with E-state index >= 15 is 0 Å². The van der Waals surface area contributed by atoms with Crippen LogP contribution >= 0.6 is 0 Å². The predicted octanol–water partition coefficient (Wildman–Crippen LogP) is 3.75. The smallest absolute Gasteiger partial charge is 0.261 e. The fourth-order valence-electron chi connectivity index (χ4n) is 5.10. The first-order chi connectivity index (χ1) is 12.9. The Morgan fingerprint density at radius 2 is 1.41 bits per heavy atom. The van der Waals surface area contributed by atoms with E-state index in [-0.39, 0.29) is 17.1 Å². The first-order valence-corrected chi connectivity index (χ1v) is 12.0. The number of aliphatic hydroxyl groups excluding tert-OH is 1. The molecule has 0 spiro atoms. The zero-order valence-electron chi connectivity index (χ0n) is 16.5. The van der Waals surface area contributed by atoms with E-state index in [0.717, 1.165) is 6.42 Å². The van der Waals surface area contributed by atoms with E-state index in [1.54, 1.807) is 0 Å². The van der Waals surface area contributed by atoms with Gasteiger partial charge in [0.15, 0.2) is 0 Å². The van der Waals surface area contributed by atoms with Crippen molar-refractivity contribution in [3.63, 3.8) is 0 Å². The lowest BCUT2D eigenvalue weighted by atomic mass is 9.92. The fourth-order valence-corrected chi connectivity index (χ4v) is 9.70. The van der Waals surface area contributed by atoms with Crippen molar-refractivity contribution in [2.24, 2.45) is 17.8 Å². The Hall–Kier alpha value is -1.68. The summed E-state index contributed by atoms with van der Waals surface area (Å²) in [5, 5.41) is 13.3. The summed E-state index contributed by atoms with van der Waals surface area (Å²) < 4.78 is 7.02. The van der Waals surface area contributed by atoms with E-state index in [2.05, 4.69) is 93.6 Å². The van der Waals surface area contributed by atoms with Crippen molar-refractivity contribution in [1.29, 1.82) is 0 Å². The van der Waals surface area contributed by atoms with Crippen LogP contribution in [0.4, 0.5) is 0 Å². The third-order valence-electron chi connectivity index (χ3n) is 6.49. The number of hydrogen-bond acceptors (Lipinski definition) is 2. The number of rotatable bonds is 5. The van der Waals surface area contributed by atoms with Gasteiger partial charge < -0.3 is 9.53 Å². The van der Waals surface area contributed by atoms with Crippen molar-refractivity contribution in [2.75, 3.05) is 6.61 Å². The summed E-state index contributed by atoms with van der Waals surface area (Å²) in [7, 11) is -2.51. The molecule has 1 fully saturated rings. The second-order valence-corrected chi connectivity index (χ2v) is 13.4. The van der Waals surface area contributed by atoms with E-state index in [0.29, 0.717) is 18.4 Å². The highest BCUT2D eigenvalue weighted by atomic mass is 28.4. The Bertz CT molecular complexity index is 755. The summed E-state index contributed by atoms with van der Waals surface area (Å²) in [6.45, 7) is 7.53. The molecule has 0 heterocycles. The molecule has 2 bridgehead atoms. The van der Waals surface area contributed by atoms with Crippen LogP contribution in [0.5, 0.6) is 0 Å². The molecule has 0 aliphatic heterocycles. The molecule has 142 valence electrons. The maximum absolute atomic E-state index is 10.7. The molecule has 2 aromatic rings. The van der Waals surface area contributed by atoms with Crippen LogP contribution in [0.1, 0.15) is 27.2 Å². The van der Waals surface area contributed by atoms with Crippen LogP contribution in [0, 0.1) is 17.8 Å². The molecule has 1 N–H and O–H groups in total. The third-order valence-corrected chi connectivity index (χ3v) is 11.5. The molecule has 2 nitrogen and oxygen atoms in total. The average Bonchev–Trinajstić information content (AvgIpc) is 3.25. The molecule has 0 amide bonds. The molecule has 3 heteroatoms. The van der Waals surface area contributed by atoms with Gasteiger partial charge >= 0.3 is 0 Å². The third kappa shape index (κ3) is 3.12. The molecule has 0 aromatic heterocycles. The van der Waals surface area contributed by atoms with Crippen molar-refractivity contribution in [2.45, 2.75) is 38.3 Å². The molecule has 0 saturated heterocycles. The summed E-state index contributed by atoms with van der Waals surface area (Å²) in [6, 6.07) is 21.5. The molecule has 2 aromatic carbocycles. The van der Waals surface area contributed by atoms with E-state index in [1.165, 1.54) is 10.4 Å². The molecule has 1 saturated carbocycles. The van der Waals surface area contributed by atoms with Crippen LogP contribution in [0.3, 0.4) is 0 Å². The Morgan fingerprint density at radius 1 is 0.889 bits per heavy atom. The van der Waals surface area contributed by atoms with Gasteiger partial charge in [-0.15, -0.1) is 0 Å². The predicted molar refractivity (Wildman–Crippen MR) is 114 cm³/mol. The molecular formula is C24H30O2Si. The summed E-state index contributed by atoms with van der Waals surface area (Å²) in [4.78, 5) is 0. The SMILES string of the molecule is CC(C)(C)[Si](OC[C@@H]1[C@H](O)[C@@H]2C=C[C@H]1C2)(c1ccccc1)c1ccccc1. The monoisotopic (exact) mass is 378 g/mol. The highest BCUT2D eigenvalue weighted by Gasteiger charge is 2.52. The van der Waals surface area contributed by atoms with Crippen LogP contribution in [0.25, 0.3) is 0 Å². The van der Waals surface area contributed by atoms with Gasteiger partial charge in [0.05, 0.1) is 6.10 Å². The average molecular weight is 379 g/mol. The molecule has 4 rings (SSSR count). The Morgan fingerprint density at radius 3 is 1.85 bits per heavy atom. The van der Waals surface area contributed by atoms with Gasteiger partial charge in [-0.05, 0) is 27.8 Å². The molecule has 0 unspecified atom stereocenters. The second-order valence-electron chi connectivity index (χ2n) is 9.08. The summed E-state index contributed by atoms with van der Waals surface area (Å²) in [5.41, 5.74) is 0.